The predicted octanol–water partition coefficient (Wildman–Crippen LogP) is 1.78. The zero-order valence-electron chi connectivity index (χ0n) is 12.9. The number of piperidine rings is 1. The molecular formula is C17H24FN3O. The van der Waals surface area contributed by atoms with Crippen LogP contribution >= 0.6 is 0 Å². The molecule has 2 saturated heterocycles. The van der Waals surface area contributed by atoms with E-state index in [4.69, 9.17) is 0 Å². The van der Waals surface area contributed by atoms with Crippen LogP contribution in [0.5, 0.6) is 0 Å². The van der Waals surface area contributed by atoms with Gasteiger partial charge in [0.05, 0.1) is 0 Å². The van der Waals surface area contributed by atoms with Gasteiger partial charge in [0.2, 0.25) is 5.91 Å². The summed E-state index contributed by atoms with van der Waals surface area (Å²) in [5.41, 5.74) is 0.902. The molecule has 1 atom stereocenters. The lowest BCUT2D eigenvalue weighted by Crippen LogP contribution is -2.51. The summed E-state index contributed by atoms with van der Waals surface area (Å²) in [6.45, 7) is 5.18. The van der Waals surface area contributed by atoms with Crippen LogP contribution in [0.15, 0.2) is 24.3 Å². The lowest BCUT2D eigenvalue weighted by atomic mass is 10.0. The number of rotatable bonds is 3. The summed E-state index contributed by atoms with van der Waals surface area (Å²) in [6.07, 6.45) is 3.38. The smallest absolute Gasteiger partial charge is 0.244 e. The van der Waals surface area contributed by atoms with Gasteiger partial charge < -0.3 is 10.2 Å². The maximum absolute atomic E-state index is 13.2. The standard InChI is InChI=1S/C17H24FN3O/c18-15-6-4-14(5-7-15)16(20-12-8-19-9-13-20)17(22)21-10-2-1-3-11-21/h4-7,16,19H,1-3,8-13H2. The Hall–Kier alpha value is -1.46. The van der Waals surface area contributed by atoms with Crippen LogP contribution in [0.25, 0.3) is 0 Å². The van der Waals surface area contributed by atoms with E-state index in [1.807, 2.05) is 4.90 Å². The third-order valence-electron chi connectivity index (χ3n) is 4.60. The fourth-order valence-electron chi connectivity index (χ4n) is 3.38. The monoisotopic (exact) mass is 305 g/mol. The minimum absolute atomic E-state index is 0.174. The normalized spacial score (nSPS) is 21.6. The summed E-state index contributed by atoms with van der Waals surface area (Å²) in [5.74, 6) is -0.0820. The average Bonchev–Trinajstić information content (AvgIpc) is 2.58. The number of carbonyl (C=O) groups is 1. The molecule has 0 radical (unpaired) electrons. The van der Waals surface area contributed by atoms with Gasteiger partial charge in [0.25, 0.3) is 0 Å². The lowest BCUT2D eigenvalue weighted by molar-refractivity contribution is -0.138. The van der Waals surface area contributed by atoms with E-state index in [0.717, 1.165) is 57.7 Å². The van der Waals surface area contributed by atoms with Gasteiger partial charge in [-0.05, 0) is 37.0 Å². The molecule has 2 aliphatic rings. The Bertz CT molecular complexity index is 493. The minimum atomic E-state index is -0.277. The van der Waals surface area contributed by atoms with Crippen molar-refractivity contribution in [2.45, 2.75) is 25.3 Å². The Morgan fingerprint density at radius 1 is 1.00 bits per heavy atom. The number of benzene rings is 1. The van der Waals surface area contributed by atoms with Crippen molar-refractivity contribution in [2.75, 3.05) is 39.3 Å². The molecule has 1 amide bonds. The van der Waals surface area contributed by atoms with E-state index >= 15 is 0 Å². The van der Waals surface area contributed by atoms with E-state index in [0.29, 0.717) is 0 Å². The van der Waals surface area contributed by atoms with Crippen LogP contribution in [-0.4, -0.2) is 55.0 Å². The highest BCUT2D eigenvalue weighted by atomic mass is 19.1. The van der Waals surface area contributed by atoms with Gasteiger partial charge in [-0.15, -0.1) is 0 Å². The van der Waals surface area contributed by atoms with Gasteiger partial charge in [0.15, 0.2) is 0 Å². The van der Waals surface area contributed by atoms with Crippen molar-refractivity contribution in [2.24, 2.45) is 0 Å². The van der Waals surface area contributed by atoms with Gasteiger partial charge in [-0.3, -0.25) is 9.69 Å². The molecule has 4 nitrogen and oxygen atoms in total. The Kier molecular flexibility index (Phi) is 5.05. The Morgan fingerprint density at radius 2 is 1.64 bits per heavy atom. The van der Waals surface area contributed by atoms with Crippen LogP contribution in [0.2, 0.25) is 0 Å². The molecule has 2 fully saturated rings. The third-order valence-corrected chi connectivity index (χ3v) is 4.60. The lowest BCUT2D eigenvalue weighted by Gasteiger charge is -2.38. The van der Waals surface area contributed by atoms with Crippen LogP contribution < -0.4 is 5.32 Å². The molecule has 0 bridgehead atoms. The number of nitrogens with one attached hydrogen (secondary N) is 1. The molecular weight excluding hydrogens is 281 g/mol. The zero-order chi connectivity index (χ0) is 15.4. The topological polar surface area (TPSA) is 35.6 Å². The van der Waals surface area contributed by atoms with Crippen molar-refractivity contribution in [1.82, 2.24) is 15.1 Å². The quantitative estimate of drug-likeness (QED) is 0.925. The molecule has 1 aromatic rings. The molecule has 1 N–H and O–H groups in total. The van der Waals surface area contributed by atoms with Crippen LogP contribution in [-0.2, 0) is 4.79 Å². The summed E-state index contributed by atoms with van der Waals surface area (Å²) in [6, 6.07) is 6.14. The summed E-state index contributed by atoms with van der Waals surface area (Å²) in [7, 11) is 0. The van der Waals surface area contributed by atoms with Gasteiger partial charge in [0.1, 0.15) is 11.9 Å². The number of piperazine rings is 1. The van der Waals surface area contributed by atoms with Crippen molar-refractivity contribution >= 4 is 5.91 Å². The highest BCUT2D eigenvalue weighted by Gasteiger charge is 2.32. The van der Waals surface area contributed by atoms with Crippen LogP contribution in [0.3, 0.4) is 0 Å². The predicted molar refractivity (Wildman–Crippen MR) is 84.0 cm³/mol. The number of likely N-dealkylation sites (tertiary alicyclic amines) is 1. The van der Waals surface area contributed by atoms with Crippen LogP contribution in [0.1, 0.15) is 30.9 Å². The first-order valence-electron chi connectivity index (χ1n) is 8.25. The number of nitrogens with zero attached hydrogens (tertiary/aromatic N) is 2. The third kappa shape index (κ3) is 3.47. The van der Waals surface area contributed by atoms with E-state index in [2.05, 4.69) is 10.2 Å². The van der Waals surface area contributed by atoms with Crippen LogP contribution in [0, 0.1) is 5.82 Å². The van der Waals surface area contributed by atoms with Crippen molar-refractivity contribution in [3.05, 3.63) is 35.6 Å². The average molecular weight is 305 g/mol. The Labute approximate surface area is 131 Å². The van der Waals surface area contributed by atoms with Gasteiger partial charge in [-0.2, -0.15) is 0 Å². The summed E-state index contributed by atoms with van der Waals surface area (Å²) >= 11 is 0. The van der Waals surface area contributed by atoms with Crippen molar-refractivity contribution in [3.8, 4) is 0 Å². The van der Waals surface area contributed by atoms with Gasteiger partial charge in [-0.1, -0.05) is 12.1 Å². The van der Waals surface area contributed by atoms with Crippen molar-refractivity contribution in [1.29, 1.82) is 0 Å². The summed E-state index contributed by atoms with van der Waals surface area (Å²) < 4.78 is 13.2. The SMILES string of the molecule is O=C(C(c1ccc(F)cc1)N1CCNCC1)N1CCCCC1. The molecule has 2 heterocycles. The fourth-order valence-corrected chi connectivity index (χ4v) is 3.38. The zero-order valence-corrected chi connectivity index (χ0v) is 12.9. The van der Waals surface area contributed by atoms with Crippen molar-refractivity contribution in [3.63, 3.8) is 0 Å². The molecule has 0 aliphatic carbocycles. The Balaban J connectivity index is 1.84. The van der Waals surface area contributed by atoms with E-state index in [1.54, 1.807) is 12.1 Å². The number of halogens is 1. The molecule has 0 aromatic heterocycles. The maximum Gasteiger partial charge on any atom is 0.244 e. The molecule has 1 aromatic carbocycles. The van der Waals surface area contributed by atoms with Crippen molar-refractivity contribution < 1.29 is 9.18 Å². The van der Waals surface area contributed by atoms with Gasteiger partial charge >= 0.3 is 0 Å². The van der Waals surface area contributed by atoms with E-state index in [9.17, 15) is 9.18 Å². The Morgan fingerprint density at radius 3 is 2.27 bits per heavy atom. The molecule has 120 valence electrons. The summed E-state index contributed by atoms with van der Waals surface area (Å²) in [4.78, 5) is 17.3. The fraction of sp³-hybridized carbons (Fsp3) is 0.588. The number of amides is 1. The largest absolute Gasteiger partial charge is 0.341 e. The van der Waals surface area contributed by atoms with E-state index in [1.165, 1.54) is 18.6 Å². The second kappa shape index (κ2) is 7.20. The number of carbonyl (C=O) groups excluding carboxylic acids is 1. The molecule has 5 heteroatoms. The second-order valence-corrected chi connectivity index (χ2v) is 6.13. The maximum atomic E-state index is 13.2. The number of hydrogen-bond donors (Lipinski definition) is 1. The minimum Gasteiger partial charge on any atom is -0.341 e. The highest BCUT2D eigenvalue weighted by molar-refractivity contribution is 5.83. The molecule has 0 saturated carbocycles. The number of hydrogen-bond acceptors (Lipinski definition) is 3. The first kappa shape index (κ1) is 15.4. The van der Waals surface area contributed by atoms with Crippen LogP contribution in [0.4, 0.5) is 4.39 Å². The summed E-state index contributed by atoms with van der Waals surface area (Å²) in [5, 5.41) is 3.32. The first-order chi connectivity index (χ1) is 10.8. The van der Waals surface area contributed by atoms with Gasteiger partial charge in [-0.25, -0.2) is 4.39 Å². The highest BCUT2D eigenvalue weighted by Crippen LogP contribution is 2.25. The van der Waals surface area contributed by atoms with E-state index < -0.39 is 0 Å². The molecule has 3 rings (SSSR count). The molecule has 2 aliphatic heterocycles. The molecule has 22 heavy (non-hydrogen) atoms. The van der Waals surface area contributed by atoms with Gasteiger partial charge in [0, 0.05) is 39.3 Å². The second-order valence-electron chi connectivity index (χ2n) is 6.13. The molecule has 1 unspecified atom stereocenters. The first-order valence-corrected chi connectivity index (χ1v) is 8.25. The van der Waals surface area contributed by atoms with E-state index in [-0.39, 0.29) is 17.8 Å². The molecule has 0 spiro atoms.